The molecule has 4 N–H and O–H groups in total. The molecule has 3 aliphatic rings. The number of nitrogens with zero attached hydrogens (tertiary/aromatic N) is 3. The first-order chi connectivity index (χ1) is 33.0. The molecule has 0 radical (unpaired) electrons. The van der Waals surface area contributed by atoms with E-state index in [1.807, 2.05) is 69.3 Å². The predicted octanol–water partition coefficient (Wildman–Crippen LogP) is 4.38. The molecule has 0 bridgehead atoms. The highest BCUT2D eigenvalue weighted by Crippen LogP contribution is 2.35. The normalized spacial score (nSPS) is 37.2. The van der Waals surface area contributed by atoms with E-state index in [0.717, 1.165) is 22.8 Å². The van der Waals surface area contributed by atoms with E-state index in [0.29, 0.717) is 37.3 Å². The van der Waals surface area contributed by atoms with Crippen LogP contribution in [0.15, 0.2) is 65.5 Å². The molecule has 4 heterocycles. The van der Waals surface area contributed by atoms with Gasteiger partial charge in [0.15, 0.2) is 12.6 Å². The Bertz CT molecular complexity index is 2000. The van der Waals surface area contributed by atoms with Crippen molar-refractivity contribution in [3.05, 3.63) is 60.3 Å². The van der Waals surface area contributed by atoms with Crippen molar-refractivity contribution in [2.45, 2.75) is 153 Å². The maximum absolute atomic E-state index is 13.8. The van der Waals surface area contributed by atoms with E-state index >= 15 is 0 Å². The molecule has 2 fully saturated rings. The average Bonchev–Trinajstić information content (AvgIpc) is 3.32. The lowest BCUT2D eigenvalue weighted by Crippen LogP contribution is -2.63. The van der Waals surface area contributed by atoms with Crippen LogP contribution in [-0.4, -0.2) is 176 Å². The molecule has 18 nitrogen and oxygen atoms in total. The summed E-state index contributed by atoms with van der Waals surface area (Å²) in [5.74, 6) is -2.21. The van der Waals surface area contributed by atoms with Crippen molar-refractivity contribution in [2.24, 2.45) is 28.8 Å². The van der Waals surface area contributed by atoms with Crippen molar-refractivity contribution in [3.8, 4) is 5.75 Å². The van der Waals surface area contributed by atoms with Gasteiger partial charge >= 0.3 is 5.97 Å². The number of fused-ring (bicyclic) bond motifs is 1. The van der Waals surface area contributed by atoms with E-state index in [1.165, 1.54) is 14.2 Å². The smallest absolute Gasteiger partial charge is 0.308 e. The van der Waals surface area contributed by atoms with Gasteiger partial charge in [0.2, 0.25) is 0 Å². The van der Waals surface area contributed by atoms with Gasteiger partial charge in [-0.2, -0.15) is 0 Å². The van der Waals surface area contributed by atoms with Crippen LogP contribution in [0.2, 0.25) is 0 Å². The summed E-state index contributed by atoms with van der Waals surface area (Å²) in [6, 6.07) is 8.83. The van der Waals surface area contributed by atoms with E-state index in [-0.39, 0.29) is 25.6 Å². The van der Waals surface area contributed by atoms with Crippen LogP contribution in [0.1, 0.15) is 73.6 Å². The number of aromatic nitrogens is 1. The van der Waals surface area contributed by atoms with Crippen molar-refractivity contribution < 1.29 is 72.7 Å². The van der Waals surface area contributed by atoms with Gasteiger partial charge in [0, 0.05) is 56.4 Å². The minimum atomic E-state index is -1.32. The maximum atomic E-state index is 13.8. The number of oxime groups is 1. The van der Waals surface area contributed by atoms with Crippen LogP contribution in [0.5, 0.6) is 5.75 Å². The fraction of sp³-hybridized carbons (Fsp3) is 0.686. The summed E-state index contributed by atoms with van der Waals surface area (Å²) >= 11 is 0. The third-order valence-electron chi connectivity index (χ3n) is 13.5. The molecular weight excluding hydrogens is 895 g/mol. The lowest BCUT2D eigenvalue weighted by atomic mass is 9.79. The Kier molecular flexibility index (Phi) is 22.0. The second-order valence-corrected chi connectivity index (χ2v) is 18.9. The summed E-state index contributed by atoms with van der Waals surface area (Å²) in [5.41, 5.74) is 2.22. The highest BCUT2D eigenvalue weighted by Gasteiger charge is 2.48. The van der Waals surface area contributed by atoms with Crippen molar-refractivity contribution in [2.75, 3.05) is 48.1 Å². The Labute approximate surface area is 406 Å². The summed E-state index contributed by atoms with van der Waals surface area (Å²) in [7, 11) is 6.44. The first-order valence-electron chi connectivity index (χ1n) is 24.2. The molecule has 69 heavy (non-hydrogen) atoms. The number of esters is 1. The molecule has 0 amide bonds. The highest BCUT2D eigenvalue weighted by molar-refractivity contribution is 5.96. The SMILES string of the molecule is CC[C@H]1OC(=O)C[C@@H](O)C(C)[C@@H](O[C@H]2O[C@@H](C)[C@H](O)[C@@H](N(C)C)[C@@H]2O)[C@@H](CC=O)C[C@@H](C)C(=N/OCCCOc2ccc3ncccc3c2)/C=C/C(C)=C/C1CO[C@H]1O[C@@H](C)[C@H](O)[C@H](OC)[C@@H]1OC. The largest absolute Gasteiger partial charge is 0.493 e. The molecule has 1 aromatic carbocycles. The molecule has 2 unspecified atom stereocenters. The average molecular weight is 972 g/mol. The zero-order chi connectivity index (χ0) is 50.4. The number of carbonyl (C=O) groups is 2. The molecule has 17 atom stereocenters. The van der Waals surface area contributed by atoms with Gasteiger partial charge in [-0.05, 0) is 84.0 Å². The van der Waals surface area contributed by atoms with E-state index in [1.54, 1.807) is 46.0 Å². The summed E-state index contributed by atoms with van der Waals surface area (Å²) in [4.78, 5) is 38.3. The summed E-state index contributed by atoms with van der Waals surface area (Å²) < 4.78 is 48.6. The number of hydrogen-bond acceptors (Lipinski definition) is 18. The van der Waals surface area contributed by atoms with Gasteiger partial charge in [-0.25, -0.2) is 0 Å². The molecular formula is C51H77N3O15. The van der Waals surface area contributed by atoms with Crippen molar-refractivity contribution in [3.63, 3.8) is 0 Å². The minimum Gasteiger partial charge on any atom is -0.493 e. The number of cyclic esters (lactones) is 1. The topological polar surface area (TPSA) is 227 Å². The van der Waals surface area contributed by atoms with Gasteiger partial charge in [0.1, 0.15) is 49.2 Å². The van der Waals surface area contributed by atoms with Gasteiger partial charge < -0.3 is 72.9 Å². The van der Waals surface area contributed by atoms with Crippen molar-refractivity contribution in [1.29, 1.82) is 0 Å². The zero-order valence-electron chi connectivity index (χ0n) is 41.9. The predicted molar refractivity (Wildman–Crippen MR) is 256 cm³/mol. The molecule has 0 spiro atoms. The maximum Gasteiger partial charge on any atom is 0.308 e. The third kappa shape index (κ3) is 15.1. The molecule has 386 valence electrons. The molecule has 1 aromatic heterocycles. The van der Waals surface area contributed by atoms with E-state index in [4.69, 9.17) is 42.7 Å². The van der Waals surface area contributed by atoms with Gasteiger partial charge in [-0.3, -0.25) is 9.78 Å². The van der Waals surface area contributed by atoms with Gasteiger partial charge in [-0.15, -0.1) is 0 Å². The molecule has 3 aliphatic heterocycles. The number of aliphatic hydroxyl groups excluding tert-OH is 4. The number of rotatable bonds is 17. The minimum absolute atomic E-state index is 0.00463. The summed E-state index contributed by atoms with van der Waals surface area (Å²) in [6.45, 7) is 11.5. The first kappa shape index (κ1) is 56.0. The number of likely N-dealkylation sites (N-methyl/N-ethyl adjacent to an activating group) is 1. The number of ether oxygens (including phenoxy) is 8. The number of carbonyl (C=O) groups excluding carboxylic acids is 2. The number of pyridine rings is 1. The molecule has 0 aliphatic carbocycles. The van der Waals surface area contributed by atoms with Gasteiger partial charge in [0.25, 0.3) is 0 Å². The number of allylic oxidation sites excluding steroid dienone is 3. The number of benzene rings is 1. The van der Waals surface area contributed by atoms with E-state index in [9.17, 15) is 30.0 Å². The van der Waals surface area contributed by atoms with E-state index < -0.39 is 110 Å². The Morgan fingerprint density at radius 2 is 1.64 bits per heavy atom. The molecule has 2 aromatic rings. The highest BCUT2D eigenvalue weighted by atomic mass is 16.7. The van der Waals surface area contributed by atoms with Crippen LogP contribution in [0.4, 0.5) is 0 Å². The number of aliphatic hydroxyl groups is 4. The molecule has 2 saturated heterocycles. The molecule has 5 rings (SSSR count). The summed E-state index contributed by atoms with van der Waals surface area (Å²) in [5, 5.41) is 50.8. The fourth-order valence-electron chi connectivity index (χ4n) is 9.46. The van der Waals surface area contributed by atoms with Crippen LogP contribution in [0.25, 0.3) is 10.9 Å². The van der Waals surface area contributed by atoms with E-state index in [2.05, 4.69) is 10.1 Å². The van der Waals surface area contributed by atoms with Gasteiger partial charge in [0.05, 0.1) is 67.4 Å². The Morgan fingerprint density at radius 1 is 0.913 bits per heavy atom. The molecule has 18 heteroatoms. The standard InChI is InChI=1S/C51H77N3O15/c1-11-41-36(28-64-51-49(62-10)48(61-9)45(59)33(6)67-51)24-29(2)15-17-38(53-65-23-13-22-63-37-16-18-39-34(26-37)14-12-20-52-39)30(3)25-35(19-21-55)47(31(4)40(56)27-42(57)68-41)69-50-46(60)43(54(7)8)44(58)32(5)66-50/h12,14-18,20-21,24,26,30-33,35-36,40-41,43-51,56,58-60H,11,13,19,22-23,25,27-28H2,1-10H3/b17-15+,29-24+,53-38+/t30-,31?,32+,33+,35+,36?,40-,41-,43-,44+,45+,46+,47-,48+,49+,50-,51+/m1/s1. The second kappa shape index (κ2) is 27.1. The van der Waals surface area contributed by atoms with Crippen LogP contribution in [-0.2, 0) is 47.6 Å². The first-order valence-corrected chi connectivity index (χ1v) is 24.2. The Balaban J connectivity index is 1.46. The number of methoxy groups -OCH3 is 2. The van der Waals surface area contributed by atoms with Crippen LogP contribution >= 0.6 is 0 Å². The monoisotopic (exact) mass is 972 g/mol. The second-order valence-electron chi connectivity index (χ2n) is 18.9. The van der Waals surface area contributed by atoms with Crippen LogP contribution in [0, 0.1) is 23.7 Å². The van der Waals surface area contributed by atoms with Crippen molar-refractivity contribution in [1.82, 2.24) is 9.88 Å². The lowest BCUT2D eigenvalue weighted by Gasteiger charge is -2.46. The lowest BCUT2D eigenvalue weighted by molar-refractivity contribution is -0.304. The van der Waals surface area contributed by atoms with Crippen LogP contribution in [0.3, 0.4) is 0 Å². The zero-order valence-corrected chi connectivity index (χ0v) is 41.9. The summed E-state index contributed by atoms with van der Waals surface area (Å²) in [6.07, 6.45) is -2.29. The fourth-order valence-corrected chi connectivity index (χ4v) is 9.46. The quantitative estimate of drug-likeness (QED) is 0.0747. The Hall–Kier alpha value is -3.92. The van der Waals surface area contributed by atoms with Gasteiger partial charge in [-0.1, -0.05) is 49.7 Å². The van der Waals surface area contributed by atoms with Crippen LogP contribution < -0.4 is 4.74 Å². The number of aldehydes is 1. The third-order valence-corrected chi connectivity index (χ3v) is 13.5. The molecule has 0 saturated carbocycles. The Morgan fingerprint density at radius 3 is 2.33 bits per heavy atom. The number of hydrogen-bond donors (Lipinski definition) is 4. The van der Waals surface area contributed by atoms with Crippen molar-refractivity contribution >= 4 is 28.9 Å².